The third-order valence-electron chi connectivity index (χ3n) is 2.81. The predicted molar refractivity (Wildman–Crippen MR) is 61.5 cm³/mol. The molecule has 0 unspecified atom stereocenters. The summed E-state index contributed by atoms with van der Waals surface area (Å²) < 4.78 is 0. The first kappa shape index (κ1) is 11.7. The molecule has 1 saturated heterocycles. The Morgan fingerprint density at radius 2 is 1.93 bits per heavy atom. The molecule has 1 heterocycles. The molecular weight excluding hydrogens is 196 g/mol. The van der Waals surface area contributed by atoms with Gasteiger partial charge in [0.2, 0.25) is 0 Å². The molecule has 1 aliphatic heterocycles. The minimum Gasteiger partial charge on any atom is -0.320 e. The summed E-state index contributed by atoms with van der Waals surface area (Å²) in [5.74, 6) is 0. The Morgan fingerprint density at radius 3 is 2.29 bits per heavy atom. The molecule has 0 saturated carbocycles. The molecule has 0 spiro atoms. The van der Waals surface area contributed by atoms with Crippen LogP contribution in [0.3, 0.4) is 0 Å². The fraction of sp³-hybridized carbons (Fsp3) is 0.900. The summed E-state index contributed by atoms with van der Waals surface area (Å²) in [4.78, 5) is 15.8. The molecule has 0 aromatic carbocycles. The van der Waals surface area contributed by atoms with Gasteiger partial charge in [-0.15, -0.1) is 11.8 Å². The predicted octanol–water partition coefficient (Wildman–Crippen LogP) is 2.23. The van der Waals surface area contributed by atoms with Crippen LogP contribution in [0.5, 0.6) is 0 Å². The van der Waals surface area contributed by atoms with Gasteiger partial charge >= 0.3 is 6.03 Å². The Hall–Kier alpha value is -0.380. The molecule has 0 atom stereocenters. The van der Waals surface area contributed by atoms with Crippen molar-refractivity contribution < 1.29 is 4.79 Å². The van der Waals surface area contributed by atoms with Gasteiger partial charge < -0.3 is 9.80 Å². The molecule has 1 fully saturated rings. The Labute approximate surface area is 90.8 Å². The zero-order valence-corrected chi connectivity index (χ0v) is 10.5. The van der Waals surface area contributed by atoms with Gasteiger partial charge in [-0.05, 0) is 34.0 Å². The second kappa shape index (κ2) is 4.01. The van der Waals surface area contributed by atoms with Crippen molar-refractivity contribution in [3.8, 4) is 0 Å². The summed E-state index contributed by atoms with van der Waals surface area (Å²) in [5.41, 5.74) is 0. The van der Waals surface area contributed by atoms with Crippen molar-refractivity contribution in [3.05, 3.63) is 0 Å². The number of carbonyl (C=O) groups is 1. The van der Waals surface area contributed by atoms with E-state index in [0.29, 0.717) is 6.04 Å². The number of carbonyl (C=O) groups excluding carboxylic acids is 1. The molecule has 3 nitrogen and oxygen atoms in total. The number of hydrogen-bond acceptors (Lipinski definition) is 2. The second-order valence-electron chi connectivity index (χ2n) is 4.37. The van der Waals surface area contributed by atoms with Crippen LogP contribution in [-0.4, -0.2) is 46.1 Å². The SMILES string of the molecule is CSC(C)(C)N1CCN(C(C)C)C1=O. The number of rotatable bonds is 3. The lowest BCUT2D eigenvalue weighted by Crippen LogP contribution is -2.45. The summed E-state index contributed by atoms with van der Waals surface area (Å²) in [6.45, 7) is 10.0. The van der Waals surface area contributed by atoms with Crippen LogP contribution in [-0.2, 0) is 0 Å². The minimum absolute atomic E-state index is 0.0826. The van der Waals surface area contributed by atoms with Gasteiger partial charge in [-0.2, -0.15) is 0 Å². The summed E-state index contributed by atoms with van der Waals surface area (Å²) >= 11 is 1.72. The van der Waals surface area contributed by atoms with Gasteiger partial charge in [-0.1, -0.05) is 0 Å². The normalized spacial score (nSPS) is 18.6. The van der Waals surface area contributed by atoms with Gasteiger partial charge in [0.1, 0.15) is 0 Å². The molecule has 0 aromatic heterocycles. The van der Waals surface area contributed by atoms with Crippen LogP contribution in [0, 0.1) is 0 Å². The summed E-state index contributed by atoms with van der Waals surface area (Å²) in [6, 6.07) is 0.490. The topological polar surface area (TPSA) is 23.6 Å². The molecule has 14 heavy (non-hydrogen) atoms. The van der Waals surface area contributed by atoms with Crippen molar-refractivity contribution in [2.75, 3.05) is 19.3 Å². The lowest BCUT2D eigenvalue weighted by Gasteiger charge is -2.34. The Morgan fingerprint density at radius 1 is 1.36 bits per heavy atom. The quantitative estimate of drug-likeness (QED) is 0.722. The van der Waals surface area contributed by atoms with E-state index in [4.69, 9.17) is 0 Å². The molecular formula is C10H20N2OS. The monoisotopic (exact) mass is 216 g/mol. The van der Waals surface area contributed by atoms with Crippen molar-refractivity contribution in [3.63, 3.8) is 0 Å². The van der Waals surface area contributed by atoms with Crippen molar-refractivity contribution >= 4 is 17.8 Å². The first-order valence-corrected chi connectivity index (χ1v) is 6.26. The molecule has 0 bridgehead atoms. The molecule has 2 amide bonds. The number of nitrogens with zero attached hydrogens (tertiary/aromatic N) is 2. The minimum atomic E-state index is -0.0826. The molecule has 1 rings (SSSR count). The van der Waals surface area contributed by atoms with Crippen LogP contribution in [0.1, 0.15) is 27.7 Å². The lowest BCUT2D eigenvalue weighted by atomic mass is 10.3. The van der Waals surface area contributed by atoms with E-state index >= 15 is 0 Å². The van der Waals surface area contributed by atoms with Crippen LogP contribution < -0.4 is 0 Å². The van der Waals surface area contributed by atoms with Crippen LogP contribution in [0.2, 0.25) is 0 Å². The second-order valence-corrected chi connectivity index (χ2v) is 5.78. The van der Waals surface area contributed by atoms with Crippen LogP contribution in [0.4, 0.5) is 4.79 Å². The van der Waals surface area contributed by atoms with E-state index < -0.39 is 0 Å². The lowest BCUT2D eigenvalue weighted by molar-refractivity contribution is 0.169. The van der Waals surface area contributed by atoms with Gasteiger partial charge in [-0.3, -0.25) is 0 Å². The van der Waals surface area contributed by atoms with E-state index in [1.165, 1.54) is 0 Å². The van der Waals surface area contributed by atoms with Gasteiger partial charge in [0, 0.05) is 19.1 Å². The molecule has 0 aromatic rings. The van der Waals surface area contributed by atoms with Gasteiger partial charge in [-0.25, -0.2) is 4.79 Å². The third-order valence-corrected chi connectivity index (χ3v) is 4.03. The highest BCUT2D eigenvalue weighted by molar-refractivity contribution is 7.99. The van der Waals surface area contributed by atoms with Crippen molar-refractivity contribution in [2.45, 2.75) is 38.6 Å². The van der Waals surface area contributed by atoms with Crippen molar-refractivity contribution in [2.24, 2.45) is 0 Å². The van der Waals surface area contributed by atoms with E-state index in [-0.39, 0.29) is 10.9 Å². The largest absolute Gasteiger partial charge is 0.321 e. The summed E-state index contributed by atoms with van der Waals surface area (Å²) in [7, 11) is 0. The Bertz CT molecular complexity index is 228. The molecule has 0 aliphatic carbocycles. The van der Waals surface area contributed by atoms with E-state index in [1.54, 1.807) is 11.8 Å². The van der Waals surface area contributed by atoms with E-state index in [9.17, 15) is 4.79 Å². The molecule has 82 valence electrons. The highest BCUT2D eigenvalue weighted by atomic mass is 32.2. The Balaban J connectivity index is 2.74. The first-order valence-electron chi connectivity index (χ1n) is 5.03. The highest BCUT2D eigenvalue weighted by Gasteiger charge is 2.38. The summed E-state index contributed by atoms with van der Waals surface area (Å²) in [6.07, 6.45) is 2.05. The Kier molecular flexibility index (Phi) is 3.35. The highest BCUT2D eigenvalue weighted by Crippen LogP contribution is 2.30. The van der Waals surface area contributed by atoms with Gasteiger partial charge in [0.25, 0.3) is 0 Å². The first-order chi connectivity index (χ1) is 6.40. The number of thioether (sulfide) groups is 1. The van der Waals surface area contributed by atoms with E-state index in [0.717, 1.165) is 13.1 Å². The number of hydrogen-bond donors (Lipinski definition) is 0. The maximum absolute atomic E-state index is 12.0. The maximum atomic E-state index is 12.0. The van der Waals surface area contributed by atoms with Crippen molar-refractivity contribution in [1.82, 2.24) is 9.80 Å². The average molecular weight is 216 g/mol. The van der Waals surface area contributed by atoms with E-state index in [1.807, 2.05) is 16.1 Å². The van der Waals surface area contributed by atoms with Crippen LogP contribution in [0.25, 0.3) is 0 Å². The third kappa shape index (κ3) is 2.00. The van der Waals surface area contributed by atoms with Gasteiger partial charge in [0.05, 0.1) is 4.87 Å². The summed E-state index contributed by atoms with van der Waals surface area (Å²) in [5, 5.41) is 0. The van der Waals surface area contributed by atoms with Crippen LogP contribution in [0.15, 0.2) is 0 Å². The molecule has 0 N–H and O–H groups in total. The molecule has 0 radical (unpaired) electrons. The van der Waals surface area contributed by atoms with E-state index in [2.05, 4.69) is 27.7 Å². The zero-order chi connectivity index (χ0) is 10.9. The van der Waals surface area contributed by atoms with Crippen molar-refractivity contribution in [1.29, 1.82) is 0 Å². The standard InChI is InChI=1S/C10H20N2OS/c1-8(2)11-6-7-12(9(11)13)10(3,4)14-5/h8H,6-7H2,1-5H3. The smallest absolute Gasteiger partial charge is 0.320 e. The number of urea groups is 1. The fourth-order valence-corrected chi connectivity index (χ4v) is 2.03. The maximum Gasteiger partial charge on any atom is 0.321 e. The average Bonchev–Trinajstić information content (AvgIpc) is 2.47. The van der Waals surface area contributed by atoms with Crippen LogP contribution >= 0.6 is 11.8 Å². The number of amides is 2. The van der Waals surface area contributed by atoms with Gasteiger partial charge in [0.15, 0.2) is 0 Å². The molecule has 1 aliphatic rings. The fourth-order valence-electron chi connectivity index (χ4n) is 1.64. The molecule has 4 heteroatoms. The zero-order valence-electron chi connectivity index (χ0n) is 9.70.